The summed E-state index contributed by atoms with van der Waals surface area (Å²) in [6.45, 7) is 2.03. The molecule has 0 spiro atoms. The number of benzene rings is 5. The second-order valence-electron chi connectivity index (χ2n) is 10.9. The monoisotopic (exact) mass is 562 g/mol. The molecule has 0 saturated carbocycles. The normalized spacial score (nSPS) is 19.7. The zero-order chi connectivity index (χ0) is 29.4. The first-order chi connectivity index (χ1) is 21.1. The van der Waals surface area contributed by atoms with Crippen LogP contribution in [0.15, 0.2) is 146 Å². The van der Waals surface area contributed by atoms with Gasteiger partial charge in [-0.25, -0.2) is 0 Å². The van der Waals surface area contributed by atoms with Gasteiger partial charge in [-0.2, -0.15) is 0 Å². The fourth-order valence-electron chi connectivity index (χ4n) is 6.35. The van der Waals surface area contributed by atoms with Gasteiger partial charge in [-0.15, -0.1) is 0 Å². The first-order valence-electron chi connectivity index (χ1n) is 14.5. The average molecular weight is 563 g/mol. The predicted molar refractivity (Wildman–Crippen MR) is 170 cm³/mol. The van der Waals surface area contributed by atoms with Crippen LogP contribution in [0.4, 0.5) is 11.4 Å². The Balaban J connectivity index is 1.52. The Kier molecular flexibility index (Phi) is 6.63. The number of para-hydroxylation sites is 2. The molecule has 0 aromatic heterocycles. The molecule has 0 fully saturated rings. The summed E-state index contributed by atoms with van der Waals surface area (Å²) in [5, 5.41) is 0. The Morgan fingerprint density at radius 1 is 0.674 bits per heavy atom. The molecule has 2 atom stereocenters. The van der Waals surface area contributed by atoms with E-state index in [-0.39, 0.29) is 17.9 Å². The first kappa shape index (κ1) is 26.5. The molecule has 5 nitrogen and oxygen atoms in total. The van der Waals surface area contributed by atoms with Gasteiger partial charge in [0.25, 0.3) is 11.8 Å². The summed E-state index contributed by atoms with van der Waals surface area (Å²) in [5.41, 5.74) is 3.51. The Labute approximate surface area is 251 Å². The standard InChI is InChI=1S/C38H30N2O3/c1-27-26-38(31-22-12-5-13-23-31)40(33-25-15-14-24-32(33)39(27)36(41)30-20-10-4-11-21-30)37(42)34(28-16-6-2-7-17-28)35(43-38)29-18-8-3-9-19-29/h2-25,27H,26H2,1H3/t27-,38-/m0/s1. The van der Waals surface area contributed by atoms with Crippen molar-refractivity contribution in [2.24, 2.45) is 0 Å². The summed E-state index contributed by atoms with van der Waals surface area (Å²) in [5.74, 6) is 0.203. The maximum absolute atomic E-state index is 15.2. The van der Waals surface area contributed by atoms with Gasteiger partial charge in [-0.05, 0) is 36.8 Å². The number of fused-ring (bicyclic) bond motifs is 3. The number of nitrogens with zero attached hydrogens (tertiary/aromatic N) is 2. The number of amides is 2. The van der Waals surface area contributed by atoms with Crippen molar-refractivity contribution in [3.8, 4) is 0 Å². The van der Waals surface area contributed by atoms with Crippen molar-refractivity contribution in [3.63, 3.8) is 0 Å². The van der Waals surface area contributed by atoms with E-state index in [0.717, 1.165) is 16.7 Å². The third-order valence-corrected chi connectivity index (χ3v) is 8.23. The number of ether oxygens (including phenoxy) is 1. The SMILES string of the molecule is C[C@H]1C[C@@]2(c3ccccc3)OC(c3ccccc3)=C(c3ccccc3)C(=O)N2c2ccccc2N1C(=O)c1ccccc1. The summed E-state index contributed by atoms with van der Waals surface area (Å²) >= 11 is 0. The van der Waals surface area contributed by atoms with E-state index in [9.17, 15) is 4.79 Å². The molecule has 0 unspecified atom stereocenters. The van der Waals surface area contributed by atoms with Crippen LogP contribution in [-0.2, 0) is 15.3 Å². The maximum atomic E-state index is 15.2. The third-order valence-electron chi connectivity index (χ3n) is 8.23. The summed E-state index contributed by atoms with van der Waals surface area (Å²) in [4.78, 5) is 33.0. The highest BCUT2D eigenvalue weighted by Crippen LogP contribution is 2.53. The van der Waals surface area contributed by atoms with Crippen molar-refractivity contribution in [2.45, 2.75) is 25.1 Å². The van der Waals surface area contributed by atoms with E-state index in [0.29, 0.717) is 34.7 Å². The van der Waals surface area contributed by atoms with Gasteiger partial charge in [0, 0.05) is 29.2 Å². The molecule has 43 heavy (non-hydrogen) atoms. The predicted octanol–water partition coefficient (Wildman–Crippen LogP) is 7.91. The second-order valence-corrected chi connectivity index (χ2v) is 10.9. The van der Waals surface area contributed by atoms with Gasteiger partial charge in [0.15, 0.2) is 0 Å². The number of hydrogen-bond acceptors (Lipinski definition) is 3. The molecule has 0 saturated heterocycles. The van der Waals surface area contributed by atoms with Crippen molar-refractivity contribution in [2.75, 3.05) is 9.80 Å². The van der Waals surface area contributed by atoms with Crippen molar-refractivity contribution in [1.82, 2.24) is 0 Å². The van der Waals surface area contributed by atoms with E-state index in [1.54, 1.807) is 4.90 Å². The summed E-state index contributed by atoms with van der Waals surface area (Å²) in [6.07, 6.45) is 0.342. The molecule has 5 aromatic rings. The smallest absolute Gasteiger partial charge is 0.266 e. The van der Waals surface area contributed by atoms with Crippen LogP contribution < -0.4 is 9.80 Å². The van der Waals surface area contributed by atoms with Gasteiger partial charge in [-0.3, -0.25) is 14.5 Å². The molecule has 0 aliphatic carbocycles. The minimum atomic E-state index is -1.23. The molecule has 210 valence electrons. The molecule has 5 heteroatoms. The quantitative estimate of drug-likeness (QED) is 0.224. The van der Waals surface area contributed by atoms with E-state index in [1.807, 2.05) is 157 Å². The fourth-order valence-corrected chi connectivity index (χ4v) is 6.35. The molecule has 0 bridgehead atoms. The molecule has 2 aliphatic rings. The number of anilines is 2. The number of carbonyl (C=O) groups excluding carboxylic acids is 2. The summed E-state index contributed by atoms with van der Waals surface area (Å²) < 4.78 is 7.28. The molecule has 5 aromatic carbocycles. The topological polar surface area (TPSA) is 49.9 Å². The van der Waals surface area contributed by atoms with E-state index in [2.05, 4.69) is 0 Å². The number of carbonyl (C=O) groups is 2. The fraction of sp³-hybridized carbons (Fsp3) is 0.105. The lowest BCUT2D eigenvalue weighted by Crippen LogP contribution is -2.55. The minimum absolute atomic E-state index is 0.129. The van der Waals surface area contributed by atoms with Crippen LogP contribution >= 0.6 is 0 Å². The molecule has 7 rings (SSSR count). The van der Waals surface area contributed by atoms with Crippen LogP contribution in [0.3, 0.4) is 0 Å². The van der Waals surface area contributed by atoms with Crippen LogP contribution in [0.5, 0.6) is 0 Å². The van der Waals surface area contributed by atoms with Gasteiger partial charge in [0.2, 0.25) is 5.72 Å². The number of rotatable bonds is 4. The zero-order valence-corrected chi connectivity index (χ0v) is 23.8. The van der Waals surface area contributed by atoms with E-state index < -0.39 is 5.72 Å². The van der Waals surface area contributed by atoms with Gasteiger partial charge >= 0.3 is 0 Å². The molecule has 0 N–H and O–H groups in total. The summed E-state index contributed by atoms with van der Waals surface area (Å²) in [6, 6.07) is 45.9. The van der Waals surface area contributed by atoms with Crippen molar-refractivity contribution in [1.29, 1.82) is 0 Å². The highest BCUT2D eigenvalue weighted by Gasteiger charge is 2.55. The van der Waals surface area contributed by atoms with Crippen LogP contribution in [0.2, 0.25) is 0 Å². The van der Waals surface area contributed by atoms with E-state index in [1.165, 1.54) is 0 Å². The molecule has 0 radical (unpaired) electrons. The van der Waals surface area contributed by atoms with Crippen LogP contribution in [0, 0.1) is 0 Å². The van der Waals surface area contributed by atoms with E-state index >= 15 is 4.79 Å². The van der Waals surface area contributed by atoms with Gasteiger partial charge < -0.3 is 9.64 Å². The Bertz CT molecular complexity index is 1820. The Hall–Kier alpha value is -5.42. The van der Waals surface area contributed by atoms with E-state index in [4.69, 9.17) is 4.74 Å². The first-order valence-corrected chi connectivity index (χ1v) is 14.5. The lowest BCUT2D eigenvalue weighted by atomic mass is 9.88. The Morgan fingerprint density at radius 3 is 1.81 bits per heavy atom. The second kappa shape index (κ2) is 10.8. The maximum Gasteiger partial charge on any atom is 0.266 e. The minimum Gasteiger partial charge on any atom is -0.462 e. The molecular formula is C38H30N2O3. The lowest BCUT2D eigenvalue weighted by molar-refractivity contribution is -0.120. The van der Waals surface area contributed by atoms with Crippen molar-refractivity contribution in [3.05, 3.63) is 168 Å². The largest absolute Gasteiger partial charge is 0.462 e. The highest BCUT2D eigenvalue weighted by molar-refractivity contribution is 6.33. The molecule has 2 aliphatic heterocycles. The van der Waals surface area contributed by atoms with Crippen molar-refractivity contribution >= 4 is 34.5 Å². The van der Waals surface area contributed by atoms with Crippen LogP contribution in [0.1, 0.15) is 40.4 Å². The third kappa shape index (κ3) is 4.41. The van der Waals surface area contributed by atoms with Gasteiger partial charge in [-0.1, -0.05) is 121 Å². The molecular weight excluding hydrogens is 532 g/mol. The lowest BCUT2D eigenvalue weighted by Gasteiger charge is -2.48. The summed E-state index contributed by atoms with van der Waals surface area (Å²) in [7, 11) is 0. The molecule has 2 amide bonds. The zero-order valence-electron chi connectivity index (χ0n) is 23.8. The van der Waals surface area contributed by atoms with Crippen LogP contribution in [-0.4, -0.2) is 17.9 Å². The van der Waals surface area contributed by atoms with Gasteiger partial charge in [0.05, 0.1) is 16.9 Å². The van der Waals surface area contributed by atoms with Gasteiger partial charge in [0.1, 0.15) is 5.76 Å². The Morgan fingerprint density at radius 2 is 1.19 bits per heavy atom. The average Bonchev–Trinajstić information content (AvgIpc) is 3.18. The number of hydrogen-bond donors (Lipinski definition) is 0. The molecule has 2 heterocycles. The van der Waals surface area contributed by atoms with Crippen LogP contribution in [0.25, 0.3) is 11.3 Å². The van der Waals surface area contributed by atoms with Crippen molar-refractivity contribution < 1.29 is 14.3 Å². The highest BCUT2D eigenvalue weighted by atomic mass is 16.5.